The van der Waals surface area contributed by atoms with Gasteiger partial charge in [0.2, 0.25) is 0 Å². The van der Waals surface area contributed by atoms with Crippen molar-refractivity contribution in [2.24, 2.45) is 0 Å². The molecular weight excluding hydrogens is 251 g/mol. The van der Waals surface area contributed by atoms with Gasteiger partial charge < -0.3 is 4.57 Å². The first-order valence-corrected chi connectivity index (χ1v) is 8.68. The van der Waals surface area contributed by atoms with Gasteiger partial charge in [-0.05, 0) is 29.9 Å². The Hall–Kier alpha value is -0.520. The van der Waals surface area contributed by atoms with Crippen LogP contribution in [0.4, 0.5) is 0 Å². The predicted octanol–water partition coefficient (Wildman–Crippen LogP) is 5.11. The first kappa shape index (κ1) is 12.9. The van der Waals surface area contributed by atoms with Crippen LogP contribution in [0.5, 0.6) is 0 Å². The Morgan fingerprint density at radius 2 is 2.06 bits per heavy atom. The molecule has 3 heteroatoms. The highest BCUT2D eigenvalue weighted by Gasteiger charge is 2.28. The molecule has 0 unspecified atom stereocenters. The molecule has 1 nitrogen and oxygen atoms in total. The molecule has 0 aliphatic carbocycles. The molecule has 0 fully saturated rings. The van der Waals surface area contributed by atoms with Gasteiger partial charge in [0, 0.05) is 23.3 Å². The largest absolute Gasteiger partial charge is 0.319 e. The Balaban J connectivity index is 2.06. The van der Waals surface area contributed by atoms with Gasteiger partial charge in [0.25, 0.3) is 0 Å². The van der Waals surface area contributed by atoms with Crippen molar-refractivity contribution in [1.29, 1.82) is 0 Å². The molecule has 1 aliphatic rings. The van der Waals surface area contributed by atoms with E-state index >= 15 is 0 Å². The van der Waals surface area contributed by atoms with Crippen molar-refractivity contribution in [3.8, 4) is 0 Å². The first-order valence-electron chi connectivity index (χ1n) is 6.15. The van der Waals surface area contributed by atoms with E-state index in [4.69, 9.17) is 11.6 Å². The number of unbranched alkanes of at least 4 members (excludes halogenated alkanes) is 1. The molecule has 2 atom stereocenters. The Kier molecular flexibility index (Phi) is 4.12. The molecule has 0 saturated carbocycles. The van der Waals surface area contributed by atoms with Gasteiger partial charge in [0.15, 0.2) is 0 Å². The standard InChI is InChI=1S/C14H18ClOP/c1-2-3-9-17(16)10-8-13(11-17)12-4-6-14(15)7-5-12/h4-8,10,13H,2-3,9,11H2,1H3/t13-,17+/m0/s1. The van der Waals surface area contributed by atoms with E-state index in [1.165, 1.54) is 5.56 Å². The fourth-order valence-corrected chi connectivity index (χ4v) is 5.18. The number of hydrogen-bond acceptors (Lipinski definition) is 1. The average molecular weight is 269 g/mol. The molecule has 1 aromatic rings. The molecule has 0 spiro atoms. The number of rotatable bonds is 4. The maximum absolute atomic E-state index is 12.5. The second kappa shape index (κ2) is 5.42. The van der Waals surface area contributed by atoms with Gasteiger partial charge >= 0.3 is 0 Å². The molecule has 1 aliphatic heterocycles. The maximum atomic E-state index is 12.5. The van der Waals surface area contributed by atoms with Crippen LogP contribution in [-0.4, -0.2) is 12.3 Å². The summed E-state index contributed by atoms with van der Waals surface area (Å²) in [6.07, 6.45) is 5.96. The lowest BCUT2D eigenvalue weighted by molar-refractivity contribution is 0.578. The van der Waals surface area contributed by atoms with Gasteiger partial charge in [0.05, 0.1) is 0 Å². The highest BCUT2D eigenvalue weighted by atomic mass is 35.5. The van der Waals surface area contributed by atoms with Crippen molar-refractivity contribution in [3.05, 3.63) is 46.7 Å². The van der Waals surface area contributed by atoms with Crippen LogP contribution in [0.2, 0.25) is 5.02 Å². The summed E-state index contributed by atoms with van der Waals surface area (Å²) in [5.74, 6) is 2.29. The Labute approximate surface area is 108 Å². The van der Waals surface area contributed by atoms with Crippen molar-refractivity contribution in [2.45, 2.75) is 25.7 Å². The Morgan fingerprint density at radius 1 is 1.35 bits per heavy atom. The summed E-state index contributed by atoms with van der Waals surface area (Å²) in [5, 5.41) is 0.755. The lowest BCUT2D eigenvalue weighted by Crippen LogP contribution is -1.98. The smallest absolute Gasteiger partial charge is 0.109 e. The van der Waals surface area contributed by atoms with E-state index in [-0.39, 0.29) is 0 Å². The zero-order valence-corrected chi connectivity index (χ0v) is 11.8. The molecule has 0 bridgehead atoms. The normalized spacial score (nSPS) is 27.5. The summed E-state index contributed by atoms with van der Waals surface area (Å²) >= 11 is 5.87. The van der Waals surface area contributed by atoms with Gasteiger partial charge in [-0.3, -0.25) is 0 Å². The van der Waals surface area contributed by atoms with E-state index in [0.29, 0.717) is 5.92 Å². The van der Waals surface area contributed by atoms with Gasteiger partial charge in [-0.2, -0.15) is 0 Å². The van der Waals surface area contributed by atoms with E-state index in [1.54, 1.807) is 0 Å². The molecule has 0 aromatic heterocycles. The third kappa shape index (κ3) is 3.24. The molecular formula is C14H18ClOP. The van der Waals surface area contributed by atoms with Gasteiger partial charge in [0.1, 0.15) is 7.14 Å². The van der Waals surface area contributed by atoms with Crippen LogP contribution >= 0.6 is 18.7 Å². The minimum Gasteiger partial charge on any atom is -0.319 e. The molecule has 0 N–H and O–H groups in total. The summed E-state index contributed by atoms with van der Waals surface area (Å²) < 4.78 is 12.5. The summed E-state index contributed by atoms with van der Waals surface area (Å²) in [5.41, 5.74) is 1.22. The fourth-order valence-electron chi connectivity index (χ4n) is 2.23. The highest BCUT2D eigenvalue weighted by Crippen LogP contribution is 2.56. The monoisotopic (exact) mass is 268 g/mol. The van der Waals surface area contributed by atoms with Crippen molar-refractivity contribution in [2.75, 3.05) is 12.3 Å². The van der Waals surface area contributed by atoms with Gasteiger partial charge in [-0.25, -0.2) is 0 Å². The van der Waals surface area contributed by atoms with Crippen LogP contribution in [-0.2, 0) is 4.57 Å². The van der Waals surface area contributed by atoms with E-state index in [0.717, 1.165) is 30.2 Å². The Morgan fingerprint density at radius 3 is 2.71 bits per heavy atom. The minimum atomic E-state index is -2.03. The van der Waals surface area contributed by atoms with Gasteiger partial charge in [-0.15, -0.1) is 0 Å². The van der Waals surface area contributed by atoms with Crippen LogP contribution in [0.15, 0.2) is 36.2 Å². The third-order valence-electron chi connectivity index (χ3n) is 3.28. The fraction of sp³-hybridized carbons (Fsp3) is 0.429. The van der Waals surface area contributed by atoms with Crippen LogP contribution in [0.1, 0.15) is 31.2 Å². The molecule has 1 heterocycles. The summed E-state index contributed by atoms with van der Waals surface area (Å²) in [7, 11) is -2.03. The zero-order chi connectivity index (χ0) is 12.3. The molecule has 92 valence electrons. The van der Waals surface area contributed by atoms with Crippen LogP contribution in [0.25, 0.3) is 0 Å². The first-order chi connectivity index (χ1) is 8.13. The number of benzene rings is 1. The van der Waals surface area contributed by atoms with E-state index in [2.05, 4.69) is 13.0 Å². The van der Waals surface area contributed by atoms with E-state index < -0.39 is 7.14 Å². The van der Waals surface area contributed by atoms with Gasteiger partial charge in [-0.1, -0.05) is 43.2 Å². The quantitative estimate of drug-likeness (QED) is 0.693. The maximum Gasteiger partial charge on any atom is 0.109 e. The highest BCUT2D eigenvalue weighted by molar-refractivity contribution is 7.67. The van der Waals surface area contributed by atoms with Crippen LogP contribution in [0, 0.1) is 0 Å². The van der Waals surface area contributed by atoms with E-state index in [1.807, 2.05) is 30.1 Å². The lowest BCUT2D eigenvalue weighted by Gasteiger charge is -2.13. The van der Waals surface area contributed by atoms with Crippen molar-refractivity contribution in [3.63, 3.8) is 0 Å². The van der Waals surface area contributed by atoms with Crippen molar-refractivity contribution in [1.82, 2.24) is 0 Å². The average Bonchev–Trinajstić information content (AvgIpc) is 2.71. The molecule has 1 aromatic carbocycles. The topological polar surface area (TPSA) is 17.1 Å². The van der Waals surface area contributed by atoms with Crippen LogP contribution < -0.4 is 0 Å². The second-order valence-corrected chi connectivity index (χ2v) is 8.16. The molecule has 0 saturated heterocycles. The predicted molar refractivity (Wildman–Crippen MR) is 75.6 cm³/mol. The number of halogens is 1. The summed E-state index contributed by atoms with van der Waals surface area (Å²) in [6.45, 7) is 2.14. The van der Waals surface area contributed by atoms with E-state index in [9.17, 15) is 4.57 Å². The SMILES string of the molecule is CCCC[P@@]1(=O)C=C[C@H](c2ccc(Cl)cc2)C1. The summed E-state index contributed by atoms with van der Waals surface area (Å²) in [6, 6.07) is 7.87. The number of allylic oxidation sites excluding steroid dienone is 1. The zero-order valence-electron chi connectivity index (χ0n) is 10.1. The number of hydrogen-bond donors (Lipinski definition) is 0. The molecule has 17 heavy (non-hydrogen) atoms. The minimum absolute atomic E-state index is 0.315. The van der Waals surface area contributed by atoms with Crippen molar-refractivity contribution >= 4 is 18.7 Å². The third-order valence-corrected chi connectivity index (χ3v) is 6.34. The molecule has 0 radical (unpaired) electrons. The van der Waals surface area contributed by atoms with Crippen LogP contribution in [0.3, 0.4) is 0 Å². The lowest BCUT2D eigenvalue weighted by atomic mass is 10.0. The second-order valence-electron chi connectivity index (χ2n) is 4.71. The molecule has 0 amide bonds. The summed E-state index contributed by atoms with van der Waals surface area (Å²) in [4.78, 5) is 0. The Bertz CT molecular complexity index is 450. The molecule has 2 rings (SSSR count). The van der Waals surface area contributed by atoms with Crippen molar-refractivity contribution < 1.29 is 4.57 Å².